The summed E-state index contributed by atoms with van der Waals surface area (Å²) in [7, 11) is 0. The van der Waals surface area contributed by atoms with E-state index in [1.54, 1.807) is 0 Å². The van der Waals surface area contributed by atoms with Gasteiger partial charge in [-0.25, -0.2) is 0 Å². The first kappa shape index (κ1) is 27.3. The molecule has 0 radical (unpaired) electrons. The Bertz CT molecular complexity index is 299. The molecule has 0 heterocycles. The highest BCUT2D eigenvalue weighted by molar-refractivity contribution is 5.66. The third-order valence-electron chi connectivity index (χ3n) is 4.33. The summed E-state index contributed by atoms with van der Waals surface area (Å²) in [6.07, 6.45) is 21.4. The van der Waals surface area contributed by atoms with Crippen molar-refractivity contribution in [2.75, 3.05) is 6.61 Å². The lowest BCUT2D eigenvalue weighted by Crippen LogP contribution is -2.08. The molecule has 0 aromatic rings. The fourth-order valence-corrected chi connectivity index (χ4v) is 2.48. The second-order valence-corrected chi connectivity index (χ2v) is 6.97. The van der Waals surface area contributed by atoms with Gasteiger partial charge in [0.05, 0.1) is 12.7 Å². The van der Waals surface area contributed by atoms with Crippen molar-refractivity contribution in [3.63, 3.8) is 0 Å². The number of carboxylic acid groups (broad SMARTS) is 1. The number of hydrogen-bond donors (Lipinski definition) is 3. The molecular formula is C22H44O4. The first-order valence-electron chi connectivity index (χ1n) is 10.7. The minimum absolute atomic E-state index is 0.115. The van der Waals surface area contributed by atoms with Crippen LogP contribution in [0, 0.1) is 0 Å². The minimum atomic E-state index is -0.664. The Morgan fingerprint density at radius 2 is 1.27 bits per heavy atom. The minimum Gasteiger partial charge on any atom is -0.481 e. The molecule has 0 aromatic carbocycles. The highest BCUT2D eigenvalue weighted by atomic mass is 16.4. The second-order valence-electron chi connectivity index (χ2n) is 6.97. The molecule has 0 fully saturated rings. The number of carboxylic acids is 1. The molecule has 4 nitrogen and oxygen atoms in total. The van der Waals surface area contributed by atoms with Crippen LogP contribution in [0.3, 0.4) is 0 Å². The maximum absolute atomic E-state index is 10.3. The van der Waals surface area contributed by atoms with Crippen molar-refractivity contribution < 1.29 is 20.1 Å². The molecule has 26 heavy (non-hydrogen) atoms. The third-order valence-corrected chi connectivity index (χ3v) is 4.33. The van der Waals surface area contributed by atoms with E-state index in [0.29, 0.717) is 12.8 Å². The summed E-state index contributed by atoms with van der Waals surface area (Å²) in [5.74, 6) is -0.664. The molecule has 0 aliphatic carbocycles. The Kier molecular flexibility index (Phi) is 25.4. The van der Waals surface area contributed by atoms with Gasteiger partial charge in [0, 0.05) is 6.42 Å². The van der Waals surface area contributed by atoms with E-state index in [9.17, 15) is 4.79 Å². The highest BCUT2D eigenvalue weighted by Gasteiger charge is 1.96. The summed E-state index contributed by atoms with van der Waals surface area (Å²) >= 11 is 0. The predicted octanol–water partition coefficient (Wildman–Crippen LogP) is 5.86. The van der Waals surface area contributed by atoms with Gasteiger partial charge >= 0.3 is 5.97 Å². The van der Waals surface area contributed by atoms with Crippen molar-refractivity contribution in [1.82, 2.24) is 0 Å². The Balaban J connectivity index is 0. The summed E-state index contributed by atoms with van der Waals surface area (Å²) in [6, 6.07) is 0. The largest absolute Gasteiger partial charge is 0.481 e. The van der Waals surface area contributed by atoms with Gasteiger partial charge in [-0.2, -0.15) is 0 Å². The predicted molar refractivity (Wildman–Crippen MR) is 110 cm³/mol. The molecule has 156 valence electrons. The molecule has 1 unspecified atom stereocenters. The number of aliphatic hydroxyl groups excluding tert-OH is 2. The summed E-state index contributed by atoms with van der Waals surface area (Å²) in [6.45, 7) is 3.96. The van der Waals surface area contributed by atoms with Crippen LogP contribution in [-0.2, 0) is 4.79 Å². The lowest BCUT2D eigenvalue weighted by molar-refractivity contribution is -0.137. The number of hydrogen-bond acceptors (Lipinski definition) is 3. The lowest BCUT2D eigenvalue weighted by atomic mass is 10.1. The summed E-state index contributed by atoms with van der Waals surface area (Å²) in [4.78, 5) is 10.3. The van der Waals surface area contributed by atoms with Crippen LogP contribution in [-0.4, -0.2) is 34.0 Å². The number of rotatable bonds is 17. The van der Waals surface area contributed by atoms with Crippen molar-refractivity contribution in [3.05, 3.63) is 12.2 Å². The zero-order valence-corrected chi connectivity index (χ0v) is 17.3. The maximum atomic E-state index is 10.3. The SMILES string of the molecule is CCC(O)CO.CCCCCCCC/C=C\CCCCCCCC(=O)O. The molecule has 0 aliphatic rings. The van der Waals surface area contributed by atoms with E-state index in [1.807, 2.05) is 6.92 Å². The fraction of sp³-hybridized carbons (Fsp3) is 0.864. The van der Waals surface area contributed by atoms with Gasteiger partial charge in [0.1, 0.15) is 0 Å². The van der Waals surface area contributed by atoms with Gasteiger partial charge in [0.15, 0.2) is 0 Å². The summed E-state index contributed by atoms with van der Waals surface area (Å²) < 4.78 is 0. The molecule has 0 bridgehead atoms. The Morgan fingerprint density at radius 3 is 1.65 bits per heavy atom. The number of carbonyl (C=O) groups is 1. The molecule has 4 heteroatoms. The van der Waals surface area contributed by atoms with Crippen molar-refractivity contribution in [3.8, 4) is 0 Å². The first-order chi connectivity index (χ1) is 12.6. The van der Waals surface area contributed by atoms with Gasteiger partial charge in [0.2, 0.25) is 0 Å². The Labute approximate surface area is 161 Å². The fourth-order valence-electron chi connectivity index (χ4n) is 2.48. The standard InChI is InChI=1S/C18H34O2.C4H10O2/c1-2-3-4-5-6-7-8-9-10-11-12-13-14-15-16-17-18(19)20;1-2-4(6)3-5/h9-10H,2-8,11-17H2,1H3,(H,19,20);4-6H,2-3H2,1H3/b10-9-;. The van der Waals surface area contributed by atoms with E-state index in [4.69, 9.17) is 15.3 Å². The molecule has 3 N–H and O–H groups in total. The molecule has 1 atom stereocenters. The smallest absolute Gasteiger partial charge is 0.303 e. The van der Waals surface area contributed by atoms with Crippen molar-refractivity contribution in [2.45, 2.75) is 116 Å². The molecule has 0 saturated carbocycles. The number of aliphatic carboxylic acids is 1. The third kappa shape index (κ3) is 28.0. The van der Waals surface area contributed by atoms with Gasteiger partial charge in [-0.15, -0.1) is 0 Å². The van der Waals surface area contributed by atoms with Crippen LogP contribution in [0.2, 0.25) is 0 Å². The molecule has 0 aromatic heterocycles. The van der Waals surface area contributed by atoms with Crippen LogP contribution in [0.1, 0.15) is 110 Å². The first-order valence-corrected chi connectivity index (χ1v) is 10.7. The van der Waals surface area contributed by atoms with E-state index in [1.165, 1.54) is 70.6 Å². The van der Waals surface area contributed by atoms with Gasteiger partial charge in [-0.3, -0.25) is 4.79 Å². The van der Waals surface area contributed by atoms with Crippen LogP contribution in [0.25, 0.3) is 0 Å². The van der Waals surface area contributed by atoms with E-state index >= 15 is 0 Å². The normalized spacial score (nSPS) is 12.0. The van der Waals surface area contributed by atoms with Crippen LogP contribution >= 0.6 is 0 Å². The van der Waals surface area contributed by atoms with E-state index < -0.39 is 12.1 Å². The van der Waals surface area contributed by atoms with Crippen LogP contribution in [0.4, 0.5) is 0 Å². The summed E-state index contributed by atoms with van der Waals surface area (Å²) in [5, 5.41) is 25.0. The molecule has 0 amide bonds. The Hall–Kier alpha value is -0.870. The van der Waals surface area contributed by atoms with Gasteiger partial charge < -0.3 is 15.3 Å². The molecule has 0 aliphatic heterocycles. The van der Waals surface area contributed by atoms with Crippen LogP contribution < -0.4 is 0 Å². The number of aliphatic hydroxyl groups is 2. The maximum Gasteiger partial charge on any atom is 0.303 e. The van der Waals surface area contributed by atoms with Crippen LogP contribution in [0.5, 0.6) is 0 Å². The monoisotopic (exact) mass is 372 g/mol. The quantitative estimate of drug-likeness (QED) is 0.221. The zero-order valence-electron chi connectivity index (χ0n) is 17.3. The van der Waals surface area contributed by atoms with E-state index in [-0.39, 0.29) is 6.61 Å². The van der Waals surface area contributed by atoms with Crippen molar-refractivity contribution in [1.29, 1.82) is 0 Å². The van der Waals surface area contributed by atoms with Gasteiger partial charge in [0.25, 0.3) is 0 Å². The van der Waals surface area contributed by atoms with Gasteiger partial charge in [-0.1, -0.05) is 77.4 Å². The second kappa shape index (κ2) is 24.1. The average Bonchev–Trinajstić information content (AvgIpc) is 2.64. The number of allylic oxidation sites excluding steroid dienone is 2. The molecule has 0 saturated heterocycles. The Morgan fingerprint density at radius 1 is 0.808 bits per heavy atom. The topological polar surface area (TPSA) is 77.8 Å². The van der Waals surface area contributed by atoms with Gasteiger partial charge in [-0.05, 0) is 38.5 Å². The summed E-state index contributed by atoms with van der Waals surface area (Å²) in [5.41, 5.74) is 0. The molecule has 0 spiro atoms. The lowest BCUT2D eigenvalue weighted by Gasteiger charge is -1.99. The average molecular weight is 373 g/mol. The van der Waals surface area contributed by atoms with E-state index in [2.05, 4.69) is 19.1 Å². The van der Waals surface area contributed by atoms with Crippen molar-refractivity contribution in [2.24, 2.45) is 0 Å². The molecule has 0 rings (SSSR count). The van der Waals surface area contributed by atoms with Crippen LogP contribution in [0.15, 0.2) is 12.2 Å². The zero-order chi connectivity index (χ0) is 19.9. The van der Waals surface area contributed by atoms with Crippen molar-refractivity contribution >= 4 is 5.97 Å². The highest BCUT2D eigenvalue weighted by Crippen LogP contribution is 2.09. The number of unbranched alkanes of at least 4 members (excludes halogenated alkanes) is 11. The van der Waals surface area contributed by atoms with E-state index in [0.717, 1.165) is 12.8 Å². The molecular weight excluding hydrogens is 328 g/mol.